The summed E-state index contributed by atoms with van der Waals surface area (Å²) in [5.74, 6) is 4.71. The first-order valence-corrected chi connectivity index (χ1v) is 14.2. The molecule has 0 radical (unpaired) electrons. The van der Waals surface area contributed by atoms with Gasteiger partial charge in [0.25, 0.3) is 0 Å². The molecule has 0 aromatic heterocycles. The van der Waals surface area contributed by atoms with Crippen molar-refractivity contribution in [2.45, 2.75) is 43.6 Å². The van der Waals surface area contributed by atoms with Crippen LogP contribution in [0.1, 0.15) is 25.0 Å². The standard InChI is InChI=1S/C26H30N2O6S2/c1-5-7-16-27(35(30,31)23-12-8-20(3)9-13-23)18-25-22(6-2)17-28(19-26(29)34-25)36(32,33)24-14-10-21(4)11-15-24/h6,8-15,25H,16-19H2,1-4H3/b22-6+/t25-/m1/s1. The highest BCUT2D eigenvalue weighted by Gasteiger charge is 2.37. The zero-order valence-electron chi connectivity index (χ0n) is 20.8. The van der Waals surface area contributed by atoms with Gasteiger partial charge in [0.2, 0.25) is 20.0 Å². The van der Waals surface area contributed by atoms with E-state index >= 15 is 0 Å². The minimum Gasteiger partial charge on any atom is -0.455 e. The number of carbonyl (C=O) groups excluding carboxylic acids is 1. The Balaban J connectivity index is 1.92. The number of allylic oxidation sites excluding steroid dienone is 1. The van der Waals surface area contributed by atoms with Crippen LogP contribution in [-0.4, -0.2) is 63.7 Å². The fourth-order valence-electron chi connectivity index (χ4n) is 3.70. The molecule has 2 aromatic carbocycles. The van der Waals surface area contributed by atoms with Crippen molar-refractivity contribution in [3.8, 4) is 11.8 Å². The summed E-state index contributed by atoms with van der Waals surface area (Å²) in [6.07, 6.45) is 0.683. The van der Waals surface area contributed by atoms with E-state index in [1.165, 1.54) is 24.3 Å². The average Bonchev–Trinajstić information content (AvgIpc) is 3.00. The molecule has 1 fully saturated rings. The number of hydrogen-bond acceptors (Lipinski definition) is 6. The largest absolute Gasteiger partial charge is 0.455 e. The van der Waals surface area contributed by atoms with Gasteiger partial charge in [-0.05, 0) is 57.5 Å². The van der Waals surface area contributed by atoms with Crippen LogP contribution in [0.25, 0.3) is 0 Å². The summed E-state index contributed by atoms with van der Waals surface area (Å²) < 4.78 is 61.2. The Bertz CT molecular complexity index is 1400. The van der Waals surface area contributed by atoms with Crippen LogP contribution in [0.3, 0.4) is 0 Å². The normalized spacial score (nSPS) is 18.4. The van der Waals surface area contributed by atoms with E-state index < -0.39 is 38.7 Å². The maximum absolute atomic E-state index is 13.4. The van der Waals surface area contributed by atoms with Gasteiger partial charge in [0.05, 0.1) is 22.9 Å². The van der Waals surface area contributed by atoms with E-state index in [2.05, 4.69) is 11.8 Å². The molecule has 1 atom stereocenters. The van der Waals surface area contributed by atoms with Crippen LogP contribution in [0.4, 0.5) is 0 Å². The molecule has 0 spiro atoms. The summed E-state index contributed by atoms with van der Waals surface area (Å²) in [6, 6.07) is 12.8. The lowest BCUT2D eigenvalue weighted by molar-refractivity contribution is -0.146. The predicted molar refractivity (Wildman–Crippen MR) is 137 cm³/mol. The van der Waals surface area contributed by atoms with Gasteiger partial charge in [-0.25, -0.2) is 16.8 Å². The van der Waals surface area contributed by atoms with E-state index in [1.54, 1.807) is 44.2 Å². The van der Waals surface area contributed by atoms with Crippen molar-refractivity contribution in [2.24, 2.45) is 0 Å². The van der Waals surface area contributed by atoms with Crippen molar-refractivity contribution in [1.82, 2.24) is 8.61 Å². The smallest absolute Gasteiger partial charge is 0.321 e. The highest BCUT2D eigenvalue weighted by atomic mass is 32.2. The molecular formula is C26H30N2O6S2. The highest BCUT2D eigenvalue weighted by Crippen LogP contribution is 2.25. The Morgan fingerprint density at radius 2 is 1.53 bits per heavy atom. The molecule has 0 aliphatic carbocycles. The summed E-state index contributed by atoms with van der Waals surface area (Å²) in [4.78, 5) is 12.9. The molecule has 2 aromatic rings. The number of carbonyl (C=O) groups is 1. The van der Waals surface area contributed by atoms with Crippen LogP contribution in [-0.2, 0) is 29.6 Å². The number of rotatable bonds is 7. The molecule has 10 heteroatoms. The maximum Gasteiger partial charge on any atom is 0.321 e. The summed E-state index contributed by atoms with van der Waals surface area (Å²) >= 11 is 0. The minimum atomic E-state index is -3.98. The molecule has 3 rings (SSSR count). The molecule has 1 aliphatic rings. The zero-order valence-corrected chi connectivity index (χ0v) is 22.4. The van der Waals surface area contributed by atoms with Crippen molar-refractivity contribution in [2.75, 3.05) is 26.2 Å². The van der Waals surface area contributed by atoms with Crippen LogP contribution in [0.15, 0.2) is 70.0 Å². The maximum atomic E-state index is 13.4. The number of aryl methyl sites for hydroxylation is 2. The third kappa shape index (κ3) is 6.23. The SMILES string of the molecule is CC#CCN(C[C@H]1OC(=O)CN(S(=O)(=O)c2ccc(C)cc2)C/C1=C\C)S(=O)(=O)c1ccc(C)cc1. The van der Waals surface area contributed by atoms with Crippen molar-refractivity contribution < 1.29 is 26.4 Å². The van der Waals surface area contributed by atoms with Gasteiger partial charge in [-0.2, -0.15) is 8.61 Å². The lowest BCUT2D eigenvalue weighted by Gasteiger charge is -2.26. The number of hydrogen-bond donors (Lipinski definition) is 0. The Hall–Kier alpha value is -2.97. The van der Waals surface area contributed by atoms with E-state index in [-0.39, 0.29) is 29.4 Å². The Morgan fingerprint density at radius 3 is 2.06 bits per heavy atom. The van der Waals surface area contributed by atoms with Crippen LogP contribution in [0.2, 0.25) is 0 Å². The molecule has 1 heterocycles. The Labute approximate surface area is 213 Å². The van der Waals surface area contributed by atoms with E-state index in [0.717, 1.165) is 19.7 Å². The lowest BCUT2D eigenvalue weighted by Crippen LogP contribution is -2.40. The quantitative estimate of drug-likeness (QED) is 0.310. The molecule has 0 unspecified atom stereocenters. The van der Waals surface area contributed by atoms with Crippen molar-refractivity contribution in [3.05, 3.63) is 71.3 Å². The van der Waals surface area contributed by atoms with E-state index in [1.807, 2.05) is 13.8 Å². The third-order valence-corrected chi connectivity index (χ3v) is 9.47. The van der Waals surface area contributed by atoms with Crippen LogP contribution in [0, 0.1) is 25.7 Å². The summed E-state index contributed by atoms with van der Waals surface area (Å²) in [7, 11) is -7.94. The second kappa shape index (κ2) is 11.4. The van der Waals surface area contributed by atoms with E-state index in [9.17, 15) is 21.6 Å². The van der Waals surface area contributed by atoms with Gasteiger partial charge in [0.1, 0.15) is 12.6 Å². The monoisotopic (exact) mass is 530 g/mol. The van der Waals surface area contributed by atoms with E-state index in [4.69, 9.17) is 4.74 Å². The van der Waals surface area contributed by atoms with Crippen LogP contribution in [0.5, 0.6) is 0 Å². The van der Waals surface area contributed by atoms with Gasteiger partial charge in [0.15, 0.2) is 0 Å². The van der Waals surface area contributed by atoms with Crippen molar-refractivity contribution in [1.29, 1.82) is 0 Å². The molecule has 1 aliphatic heterocycles. The second-order valence-electron chi connectivity index (χ2n) is 8.47. The minimum absolute atomic E-state index is 0.0663. The number of benzene rings is 2. The summed E-state index contributed by atoms with van der Waals surface area (Å²) in [5, 5.41) is 0. The van der Waals surface area contributed by atoms with E-state index in [0.29, 0.717) is 5.57 Å². The van der Waals surface area contributed by atoms with Crippen LogP contribution >= 0.6 is 0 Å². The Kier molecular flexibility index (Phi) is 8.74. The second-order valence-corrected chi connectivity index (χ2v) is 12.3. The lowest BCUT2D eigenvalue weighted by atomic mass is 10.1. The van der Waals surface area contributed by atoms with Gasteiger partial charge in [-0.3, -0.25) is 4.79 Å². The first kappa shape index (κ1) is 27.6. The fraction of sp³-hybridized carbons (Fsp3) is 0.346. The number of cyclic esters (lactones) is 1. The van der Waals surface area contributed by atoms with Gasteiger partial charge < -0.3 is 4.74 Å². The third-order valence-electron chi connectivity index (χ3n) is 5.84. The molecule has 0 N–H and O–H groups in total. The predicted octanol–water partition coefficient (Wildman–Crippen LogP) is 2.88. The number of ether oxygens (including phenoxy) is 1. The highest BCUT2D eigenvalue weighted by molar-refractivity contribution is 7.89. The molecular weight excluding hydrogens is 500 g/mol. The summed E-state index contributed by atoms with van der Waals surface area (Å²) in [6.45, 7) is 6.11. The fourth-order valence-corrected chi connectivity index (χ4v) is 6.41. The molecule has 8 nitrogen and oxygen atoms in total. The molecule has 192 valence electrons. The van der Waals surface area contributed by atoms with Gasteiger partial charge in [0, 0.05) is 6.54 Å². The van der Waals surface area contributed by atoms with Gasteiger partial charge in [-0.1, -0.05) is 47.4 Å². The first-order valence-electron chi connectivity index (χ1n) is 11.4. The summed E-state index contributed by atoms with van der Waals surface area (Å²) in [5.41, 5.74) is 2.30. The average molecular weight is 531 g/mol. The van der Waals surface area contributed by atoms with Gasteiger partial charge >= 0.3 is 5.97 Å². The van der Waals surface area contributed by atoms with Crippen molar-refractivity contribution >= 4 is 26.0 Å². The Morgan fingerprint density at radius 1 is 0.972 bits per heavy atom. The number of sulfonamides is 2. The number of esters is 1. The molecule has 0 bridgehead atoms. The molecule has 0 saturated carbocycles. The molecule has 0 amide bonds. The van der Waals surface area contributed by atoms with Gasteiger partial charge in [-0.15, -0.1) is 5.92 Å². The van der Waals surface area contributed by atoms with Crippen molar-refractivity contribution in [3.63, 3.8) is 0 Å². The topological polar surface area (TPSA) is 101 Å². The van der Waals surface area contributed by atoms with Crippen LogP contribution < -0.4 is 0 Å². The molecule has 1 saturated heterocycles. The first-order chi connectivity index (χ1) is 17.0. The zero-order chi connectivity index (χ0) is 26.5. The number of nitrogens with zero attached hydrogens (tertiary/aromatic N) is 2. The molecule has 36 heavy (non-hydrogen) atoms.